The molecule has 0 radical (unpaired) electrons. The van der Waals surface area contributed by atoms with E-state index >= 15 is 0 Å². The predicted molar refractivity (Wildman–Crippen MR) is 122 cm³/mol. The lowest BCUT2D eigenvalue weighted by Crippen LogP contribution is -2.58. The van der Waals surface area contributed by atoms with Gasteiger partial charge in [0.1, 0.15) is 5.69 Å². The number of nitrogens with zero attached hydrogens (tertiary/aromatic N) is 3. The molecule has 1 aromatic rings. The lowest BCUT2D eigenvalue weighted by molar-refractivity contribution is -0.150. The molecule has 0 spiro atoms. The largest absolute Gasteiger partial charge is 0.392 e. The highest BCUT2D eigenvalue weighted by molar-refractivity contribution is 5.92. The average Bonchev–Trinajstić information content (AvgIpc) is 2.81. The van der Waals surface area contributed by atoms with Crippen LogP contribution in [0.5, 0.6) is 0 Å². The van der Waals surface area contributed by atoms with Gasteiger partial charge >= 0.3 is 0 Å². The summed E-state index contributed by atoms with van der Waals surface area (Å²) in [4.78, 5) is 36.0. The SMILES string of the molecule is CC(C(=O)N1CCCCC1)C1CCC2(C)CCC(NC(=O)c3cnccn3)C(C)C2C1O. The Morgan fingerprint density at radius 1 is 1.19 bits per heavy atom. The summed E-state index contributed by atoms with van der Waals surface area (Å²) in [6.07, 6.45) is 11.1. The van der Waals surface area contributed by atoms with E-state index in [-0.39, 0.29) is 46.9 Å². The molecule has 7 unspecified atom stereocenters. The zero-order valence-corrected chi connectivity index (χ0v) is 19.7. The fourth-order valence-electron chi connectivity index (χ4n) is 6.74. The number of aliphatic hydroxyl groups excluding tert-OH is 1. The molecule has 7 atom stereocenters. The topological polar surface area (TPSA) is 95.4 Å². The van der Waals surface area contributed by atoms with Crippen molar-refractivity contribution in [2.24, 2.45) is 29.1 Å². The first kappa shape index (κ1) is 23.1. The van der Waals surface area contributed by atoms with Crippen molar-refractivity contribution in [3.05, 3.63) is 24.3 Å². The van der Waals surface area contributed by atoms with Crippen LogP contribution in [0.1, 0.15) is 76.2 Å². The molecule has 3 aliphatic rings. The summed E-state index contributed by atoms with van der Waals surface area (Å²) in [5.74, 6) is -0.0422. The van der Waals surface area contributed by atoms with E-state index in [1.165, 1.54) is 18.8 Å². The first-order chi connectivity index (χ1) is 15.3. The second-order valence-electron chi connectivity index (χ2n) is 10.6. The molecule has 7 nitrogen and oxygen atoms in total. The van der Waals surface area contributed by atoms with E-state index in [0.29, 0.717) is 5.69 Å². The quantitative estimate of drug-likeness (QED) is 0.747. The van der Waals surface area contributed by atoms with Crippen molar-refractivity contribution in [1.82, 2.24) is 20.2 Å². The summed E-state index contributed by atoms with van der Waals surface area (Å²) in [5.41, 5.74) is 0.354. The molecular weight excluding hydrogens is 404 g/mol. The van der Waals surface area contributed by atoms with Crippen molar-refractivity contribution >= 4 is 11.8 Å². The van der Waals surface area contributed by atoms with E-state index in [1.807, 2.05) is 11.8 Å². The molecule has 32 heavy (non-hydrogen) atoms. The van der Waals surface area contributed by atoms with Crippen molar-refractivity contribution in [2.75, 3.05) is 13.1 Å². The molecule has 2 saturated carbocycles. The number of rotatable bonds is 4. The molecule has 3 fully saturated rings. The van der Waals surface area contributed by atoms with Gasteiger partial charge in [-0.1, -0.05) is 20.8 Å². The van der Waals surface area contributed by atoms with Crippen LogP contribution in [0.4, 0.5) is 0 Å². The highest BCUT2D eigenvalue weighted by Gasteiger charge is 2.54. The van der Waals surface area contributed by atoms with Crippen LogP contribution in [0, 0.1) is 29.1 Å². The van der Waals surface area contributed by atoms with Crippen LogP contribution in [-0.4, -0.2) is 57.0 Å². The van der Waals surface area contributed by atoms with Gasteiger partial charge in [-0.3, -0.25) is 14.6 Å². The first-order valence-corrected chi connectivity index (χ1v) is 12.4. The summed E-state index contributed by atoms with van der Waals surface area (Å²) in [6, 6.07) is -0.0240. The number of carbonyl (C=O) groups is 2. The van der Waals surface area contributed by atoms with E-state index < -0.39 is 6.10 Å². The Balaban J connectivity index is 1.47. The van der Waals surface area contributed by atoms with Gasteiger partial charge in [-0.05, 0) is 68.1 Å². The molecule has 0 aromatic carbocycles. The Morgan fingerprint density at radius 2 is 1.91 bits per heavy atom. The smallest absolute Gasteiger partial charge is 0.271 e. The molecule has 2 amide bonds. The Labute approximate surface area is 191 Å². The van der Waals surface area contributed by atoms with E-state index in [2.05, 4.69) is 29.1 Å². The van der Waals surface area contributed by atoms with Crippen LogP contribution in [0.2, 0.25) is 0 Å². The maximum atomic E-state index is 13.2. The second kappa shape index (κ2) is 9.46. The molecule has 2 N–H and O–H groups in total. The molecule has 1 aromatic heterocycles. The third-order valence-corrected chi connectivity index (χ3v) is 8.70. The van der Waals surface area contributed by atoms with Gasteiger partial charge in [0.05, 0.1) is 12.3 Å². The van der Waals surface area contributed by atoms with Crippen LogP contribution in [0.25, 0.3) is 0 Å². The maximum Gasteiger partial charge on any atom is 0.271 e. The molecule has 2 aliphatic carbocycles. The van der Waals surface area contributed by atoms with E-state index in [4.69, 9.17) is 0 Å². The van der Waals surface area contributed by atoms with Crippen LogP contribution in [0.15, 0.2) is 18.6 Å². The highest BCUT2D eigenvalue weighted by Crippen LogP contribution is 2.55. The fourth-order valence-corrected chi connectivity index (χ4v) is 6.74. The zero-order valence-electron chi connectivity index (χ0n) is 19.7. The number of likely N-dealkylation sites (tertiary alicyclic amines) is 1. The van der Waals surface area contributed by atoms with Crippen molar-refractivity contribution in [1.29, 1.82) is 0 Å². The molecule has 7 heteroatoms. The van der Waals surface area contributed by atoms with E-state index in [0.717, 1.165) is 51.6 Å². The van der Waals surface area contributed by atoms with Crippen molar-refractivity contribution in [3.8, 4) is 0 Å². The van der Waals surface area contributed by atoms with E-state index in [1.54, 1.807) is 6.20 Å². The van der Waals surface area contributed by atoms with Crippen LogP contribution in [0.3, 0.4) is 0 Å². The summed E-state index contributed by atoms with van der Waals surface area (Å²) in [7, 11) is 0. The van der Waals surface area contributed by atoms with Crippen LogP contribution < -0.4 is 5.32 Å². The maximum absolute atomic E-state index is 13.2. The van der Waals surface area contributed by atoms with Crippen molar-refractivity contribution < 1.29 is 14.7 Å². The number of aromatic nitrogens is 2. The zero-order chi connectivity index (χ0) is 22.9. The van der Waals surface area contributed by atoms with Gasteiger partial charge in [-0.2, -0.15) is 0 Å². The minimum absolute atomic E-state index is 0.0240. The Hall–Kier alpha value is -2.02. The van der Waals surface area contributed by atoms with Gasteiger partial charge in [0.15, 0.2) is 0 Å². The number of hydrogen-bond donors (Lipinski definition) is 2. The molecule has 1 saturated heterocycles. The standard InChI is InChI=1S/C25H38N4O3/c1-16(24(32)29-13-5-4-6-14-29)18-7-9-25(3)10-8-19(17(2)21(25)22(18)30)28-23(31)20-15-26-11-12-27-20/h11-12,15-19,21-22,30H,4-10,13-14H2,1-3H3,(H,28,31). The predicted octanol–water partition coefficient (Wildman–Crippen LogP) is 3.05. The van der Waals surface area contributed by atoms with Crippen LogP contribution >= 0.6 is 0 Å². The number of amides is 2. The minimum Gasteiger partial charge on any atom is -0.392 e. The van der Waals surface area contributed by atoms with Gasteiger partial charge in [0.2, 0.25) is 5.91 Å². The molecule has 0 bridgehead atoms. The summed E-state index contributed by atoms with van der Waals surface area (Å²) in [5, 5.41) is 14.7. The van der Waals surface area contributed by atoms with Gasteiger partial charge in [-0.15, -0.1) is 0 Å². The van der Waals surface area contributed by atoms with Gasteiger partial charge in [-0.25, -0.2) is 4.98 Å². The summed E-state index contributed by atoms with van der Waals surface area (Å²) >= 11 is 0. The van der Waals surface area contributed by atoms with Crippen molar-refractivity contribution in [3.63, 3.8) is 0 Å². The number of carbonyl (C=O) groups excluding carboxylic acids is 2. The number of piperidine rings is 1. The molecule has 1 aliphatic heterocycles. The average molecular weight is 443 g/mol. The van der Waals surface area contributed by atoms with Gasteiger partial charge in [0, 0.05) is 37.4 Å². The first-order valence-electron chi connectivity index (χ1n) is 12.4. The lowest BCUT2D eigenvalue weighted by Gasteiger charge is -2.56. The minimum atomic E-state index is -0.538. The lowest BCUT2D eigenvalue weighted by atomic mass is 9.51. The van der Waals surface area contributed by atoms with Gasteiger partial charge in [0.25, 0.3) is 5.91 Å². The molecule has 176 valence electrons. The Bertz CT molecular complexity index is 813. The van der Waals surface area contributed by atoms with Gasteiger partial charge < -0.3 is 15.3 Å². The Kier molecular flexibility index (Phi) is 6.84. The third kappa shape index (κ3) is 4.41. The fraction of sp³-hybridized carbons (Fsp3) is 0.760. The highest BCUT2D eigenvalue weighted by atomic mass is 16.3. The number of aliphatic hydroxyl groups is 1. The number of nitrogens with one attached hydrogen (secondary N) is 1. The summed E-state index contributed by atoms with van der Waals surface area (Å²) in [6.45, 7) is 8.13. The molecular formula is C25H38N4O3. The third-order valence-electron chi connectivity index (χ3n) is 8.70. The number of fused-ring (bicyclic) bond motifs is 1. The van der Waals surface area contributed by atoms with E-state index in [9.17, 15) is 14.7 Å². The monoisotopic (exact) mass is 442 g/mol. The normalized spacial score (nSPS) is 36.1. The second-order valence-corrected chi connectivity index (χ2v) is 10.6. The number of hydrogen-bond acceptors (Lipinski definition) is 5. The Morgan fingerprint density at radius 3 is 2.59 bits per heavy atom. The van der Waals surface area contributed by atoms with Crippen LogP contribution in [-0.2, 0) is 4.79 Å². The van der Waals surface area contributed by atoms with Crippen molar-refractivity contribution in [2.45, 2.75) is 77.9 Å². The summed E-state index contributed by atoms with van der Waals surface area (Å²) < 4.78 is 0. The molecule has 2 heterocycles. The molecule has 4 rings (SSSR count).